The van der Waals surface area contributed by atoms with Gasteiger partial charge in [0.1, 0.15) is 5.78 Å². The lowest BCUT2D eigenvalue weighted by Gasteiger charge is -2.06. The third-order valence-electron chi connectivity index (χ3n) is 1.90. The largest absolute Gasteiger partial charge is 0.300 e. The van der Waals surface area contributed by atoms with Crippen molar-refractivity contribution in [3.05, 3.63) is 0 Å². The van der Waals surface area contributed by atoms with Crippen LogP contribution in [0, 0.1) is 0 Å². The Kier molecular flexibility index (Phi) is 5.17. The van der Waals surface area contributed by atoms with Crippen molar-refractivity contribution in [2.45, 2.75) is 44.8 Å². The summed E-state index contributed by atoms with van der Waals surface area (Å²) in [5.74, 6) is 0.111. The van der Waals surface area contributed by atoms with Gasteiger partial charge in [-0.2, -0.15) is 8.42 Å². The lowest BCUT2D eigenvalue weighted by Crippen LogP contribution is -2.16. The summed E-state index contributed by atoms with van der Waals surface area (Å²) < 4.78 is 29.7. The number of Topliss-reactive ketones (excluding diaryl/α,β-unsaturated/α-hetero) is 1. The van der Waals surface area contributed by atoms with E-state index in [-0.39, 0.29) is 5.78 Å². The zero-order chi connectivity index (χ0) is 10.5. The second-order valence-corrected chi connectivity index (χ2v) is 5.11. The Labute approximate surface area is 79.1 Å². The Hall–Kier alpha value is -0.420. The molecule has 1 N–H and O–H groups in total. The highest BCUT2D eigenvalue weighted by atomic mass is 32.2. The number of hydrogen-bond donors (Lipinski definition) is 1. The molecule has 0 aliphatic rings. The van der Waals surface area contributed by atoms with Gasteiger partial charge in [-0.25, -0.2) is 0 Å². The van der Waals surface area contributed by atoms with E-state index in [9.17, 15) is 13.2 Å². The summed E-state index contributed by atoms with van der Waals surface area (Å²) in [6, 6.07) is 0. The minimum absolute atomic E-state index is 0.111. The lowest BCUT2D eigenvalue weighted by atomic mass is 10.1. The van der Waals surface area contributed by atoms with Crippen LogP contribution in [0.4, 0.5) is 0 Å². The summed E-state index contributed by atoms with van der Waals surface area (Å²) in [5.41, 5.74) is 0. The van der Waals surface area contributed by atoms with Crippen LogP contribution in [0.25, 0.3) is 0 Å². The molecule has 0 bridgehead atoms. The average molecular weight is 208 g/mol. The van der Waals surface area contributed by atoms with E-state index in [1.165, 1.54) is 13.8 Å². The summed E-state index contributed by atoms with van der Waals surface area (Å²) >= 11 is 0. The van der Waals surface area contributed by atoms with Crippen molar-refractivity contribution in [2.24, 2.45) is 0 Å². The average Bonchev–Trinajstić information content (AvgIpc) is 1.95. The van der Waals surface area contributed by atoms with Crippen molar-refractivity contribution >= 4 is 15.9 Å². The molecular weight excluding hydrogens is 192 g/mol. The van der Waals surface area contributed by atoms with Gasteiger partial charge in [-0.15, -0.1) is 0 Å². The van der Waals surface area contributed by atoms with Crippen LogP contribution in [0.3, 0.4) is 0 Å². The van der Waals surface area contributed by atoms with E-state index in [0.29, 0.717) is 25.7 Å². The molecule has 1 atom stereocenters. The number of rotatable bonds is 6. The first-order chi connectivity index (χ1) is 5.84. The predicted molar refractivity (Wildman–Crippen MR) is 50.2 cm³/mol. The summed E-state index contributed by atoms with van der Waals surface area (Å²) in [6.07, 6.45) is 2.24. The van der Waals surface area contributed by atoms with Gasteiger partial charge in [-0.1, -0.05) is 6.42 Å². The first-order valence-electron chi connectivity index (χ1n) is 4.29. The molecule has 0 aromatic carbocycles. The molecule has 5 heteroatoms. The number of ketones is 1. The van der Waals surface area contributed by atoms with Gasteiger partial charge in [-0.3, -0.25) is 4.55 Å². The van der Waals surface area contributed by atoms with E-state index in [1.54, 1.807) is 0 Å². The van der Waals surface area contributed by atoms with Crippen LogP contribution in [0.2, 0.25) is 0 Å². The Morgan fingerprint density at radius 3 is 2.31 bits per heavy atom. The molecule has 4 nitrogen and oxygen atoms in total. The second-order valence-electron chi connectivity index (χ2n) is 3.27. The predicted octanol–water partition coefficient (Wildman–Crippen LogP) is 1.41. The molecule has 0 radical (unpaired) electrons. The van der Waals surface area contributed by atoms with E-state index in [4.69, 9.17) is 4.55 Å². The second kappa shape index (κ2) is 5.34. The molecule has 0 aromatic rings. The monoisotopic (exact) mass is 208 g/mol. The van der Waals surface area contributed by atoms with Crippen LogP contribution in [0.5, 0.6) is 0 Å². The van der Waals surface area contributed by atoms with E-state index in [0.717, 1.165) is 0 Å². The maximum Gasteiger partial charge on any atom is 0.267 e. The van der Waals surface area contributed by atoms with Gasteiger partial charge in [0.05, 0.1) is 5.25 Å². The minimum atomic E-state index is -3.89. The van der Waals surface area contributed by atoms with Crippen LogP contribution in [-0.2, 0) is 14.9 Å². The molecule has 0 rings (SSSR count). The van der Waals surface area contributed by atoms with E-state index < -0.39 is 15.4 Å². The van der Waals surface area contributed by atoms with Gasteiger partial charge in [0.2, 0.25) is 0 Å². The Bertz CT molecular complexity index is 255. The summed E-state index contributed by atoms with van der Waals surface area (Å²) in [4.78, 5) is 10.5. The molecule has 0 saturated carbocycles. The smallest absolute Gasteiger partial charge is 0.267 e. The van der Waals surface area contributed by atoms with Gasteiger partial charge < -0.3 is 4.79 Å². The van der Waals surface area contributed by atoms with Crippen molar-refractivity contribution in [1.82, 2.24) is 0 Å². The van der Waals surface area contributed by atoms with Crippen molar-refractivity contribution in [3.8, 4) is 0 Å². The topological polar surface area (TPSA) is 71.4 Å². The van der Waals surface area contributed by atoms with Crippen molar-refractivity contribution < 1.29 is 17.8 Å². The minimum Gasteiger partial charge on any atom is -0.300 e. The molecule has 13 heavy (non-hydrogen) atoms. The molecule has 78 valence electrons. The van der Waals surface area contributed by atoms with Crippen LogP contribution in [-0.4, -0.2) is 24.0 Å². The zero-order valence-corrected chi connectivity index (χ0v) is 8.80. The van der Waals surface area contributed by atoms with Gasteiger partial charge in [0, 0.05) is 6.42 Å². The zero-order valence-electron chi connectivity index (χ0n) is 7.99. The van der Waals surface area contributed by atoms with Crippen molar-refractivity contribution in [3.63, 3.8) is 0 Å². The summed E-state index contributed by atoms with van der Waals surface area (Å²) in [7, 11) is -3.89. The quantitative estimate of drug-likeness (QED) is 0.529. The Morgan fingerprint density at radius 2 is 1.92 bits per heavy atom. The molecule has 0 aromatic heterocycles. The van der Waals surface area contributed by atoms with Crippen LogP contribution in [0.1, 0.15) is 39.5 Å². The van der Waals surface area contributed by atoms with Crippen molar-refractivity contribution in [1.29, 1.82) is 0 Å². The molecule has 0 amide bonds. The lowest BCUT2D eigenvalue weighted by molar-refractivity contribution is -0.117. The first-order valence-corrected chi connectivity index (χ1v) is 5.80. The highest BCUT2D eigenvalue weighted by Crippen LogP contribution is 2.09. The molecule has 0 fully saturated rings. The van der Waals surface area contributed by atoms with E-state index >= 15 is 0 Å². The Balaban J connectivity index is 3.61. The molecular formula is C8H16O4S. The van der Waals surface area contributed by atoms with Crippen LogP contribution < -0.4 is 0 Å². The molecule has 0 aliphatic carbocycles. The third kappa shape index (κ3) is 6.72. The Morgan fingerprint density at radius 1 is 1.38 bits per heavy atom. The molecule has 0 heterocycles. The number of hydrogen-bond acceptors (Lipinski definition) is 3. The number of carbonyl (C=O) groups is 1. The maximum atomic E-state index is 10.5. The third-order valence-corrected chi connectivity index (χ3v) is 3.15. The fraction of sp³-hybridized carbons (Fsp3) is 0.875. The highest BCUT2D eigenvalue weighted by molar-refractivity contribution is 7.86. The fourth-order valence-electron chi connectivity index (χ4n) is 0.955. The van der Waals surface area contributed by atoms with Crippen LogP contribution in [0.15, 0.2) is 0 Å². The molecule has 0 aliphatic heterocycles. The molecule has 1 unspecified atom stereocenters. The number of carbonyl (C=O) groups excluding carboxylic acids is 1. The molecule has 0 saturated heterocycles. The van der Waals surface area contributed by atoms with Gasteiger partial charge >= 0.3 is 0 Å². The normalized spacial score (nSPS) is 14.1. The summed E-state index contributed by atoms with van der Waals surface area (Å²) in [6.45, 7) is 2.97. The standard InChI is InChI=1S/C8H16O4S/c1-7(9)5-3-4-6-8(2)13(10,11)12/h8H,3-6H2,1-2H3,(H,10,11,12). The van der Waals surface area contributed by atoms with Gasteiger partial charge in [0.25, 0.3) is 10.1 Å². The molecule has 0 spiro atoms. The van der Waals surface area contributed by atoms with Crippen molar-refractivity contribution in [2.75, 3.05) is 0 Å². The first kappa shape index (κ1) is 12.6. The number of unbranched alkanes of at least 4 members (excludes halogenated alkanes) is 1. The van der Waals surface area contributed by atoms with Gasteiger partial charge in [0.15, 0.2) is 0 Å². The maximum absolute atomic E-state index is 10.5. The fourth-order valence-corrected chi connectivity index (χ4v) is 1.42. The highest BCUT2D eigenvalue weighted by Gasteiger charge is 2.15. The van der Waals surface area contributed by atoms with Crippen LogP contribution >= 0.6 is 0 Å². The SMILES string of the molecule is CC(=O)CCCCC(C)S(=O)(=O)O. The van der Waals surface area contributed by atoms with E-state index in [2.05, 4.69) is 0 Å². The van der Waals surface area contributed by atoms with E-state index in [1.807, 2.05) is 0 Å². The summed E-state index contributed by atoms with van der Waals surface area (Å²) in [5, 5.41) is -0.723. The van der Waals surface area contributed by atoms with Gasteiger partial charge in [-0.05, 0) is 26.7 Å².